The summed E-state index contributed by atoms with van der Waals surface area (Å²) in [6, 6.07) is 75.8. The molecule has 0 fully saturated rings. The summed E-state index contributed by atoms with van der Waals surface area (Å²) in [5.41, 5.74) is 20.1. The Kier molecular flexibility index (Phi) is 7.02. The maximum atomic E-state index is 2.51. The predicted octanol–water partition coefficient (Wildman–Crippen LogP) is 14.5. The van der Waals surface area contributed by atoms with Gasteiger partial charge in [0, 0.05) is 33.7 Å². The Bertz CT molecular complexity index is 3250. The fraction of sp³-hybridized carbons (Fsp3) is 0.0182. The zero-order chi connectivity index (χ0) is 37.5. The summed E-state index contributed by atoms with van der Waals surface area (Å²) < 4.78 is 4.96. The molecule has 1 aliphatic rings. The zero-order valence-electron chi connectivity index (χ0n) is 31.2. The Balaban J connectivity index is 1.03. The van der Waals surface area contributed by atoms with Gasteiger partial charge in [-0.15, -0.1) is 0 Å². The van der Waals surface area contributed by atoms with Crippen molar-refractivity contribution in [3.8, 4) is 55.9 Å². The molecule has 0 saturated carbocycles. The monoisotopic (exact) mass is 724 g/mol. The van der Waals surface area contributed by atoms with E-state index in [4.69, 9.17) is 0 Å². The lowest BCUT2D eigenvalue weighted by atomic mass is 10.0. The summed E-state index contributed by atoms with van der Waals surface area (Å²) in [4.78, 5) is 0. The molecule has 0 unspecified atom stereocenters. The van der Waals surface area contributed by atoms with Crippen LogP contribution >= 0.6 is 0 Å². The SMILES string of the molecule is c1ccc(-c2ccc3c(c2)c2ccccc2n3-c2ccc3c(c2)-c2cccc(-n4c5ccc(-c6ccccc6)cc5c5cc(-c6ccccc6)ccc54)c2C3)cc1. The van der Waals surface area contributed by atoms with Crippen LogP contribution in [0.5, 0.6) is 0 Å². The maximum absolute atomic E-state index is 2.51. The summed E-state index contributed by atoms with van der Waals surface area (Å²) in [6.07, 6.45) is 0.889. The van der Waals surface area contributed by atoms with Crippen LogP contribution in [-0.4, -0.2) is 9.13 Å². The molecule has 2 heterocycles. The largest absolute Gasteiger partial charge is 0.309 e. The molecule has 0 N–H and O–H groups in total. The van der Waals surface area contributed by atoms with Crippen LogP contribution in [0.3, 0.4) is 0 Å². The molecular weight excluding hydrogens is 689 g/mol. The summed E-state index contributed by atoms with van der Waals surface area (Å²) in [7, 11) is 0. The maximum Gasteiger partial charge on any atom is 0.0541 e. The van der Waals surface area contributed by atoms with Crippen molar-refractivity contribution in [1.29, 1.82) is 0 Å². The topological polar surface area (TPSA) is 9.86 Å². The molecule has 266 valence electrons. The predicted molar refractivity (Wildman–Crippen MR) is 240 cm³/mol. The van der Waals surface area contributed by atoms with E-state index in [-0.39, 0.29) is 0 Å². The van der Waals surface area contributed by atoms with Crippen LogP contribution in [0.4, 0.5) is 0 Å². The lowest BCUT2D eigenvalue weighted by Gasteiger charge is -2.14. The van der Waals surface area contributed by atoms with E-state index < -0.39 is 0 Å². The molecule has 0 radical (unpaired) electrons. The molecule has 0 spiro atoms. The van der Waals surface area contributed by atoms with Gasteiger partial charge in [0.05, 0.1) is 27.8 Å². The van der Waals surface area contributed by atoms with Crippen molar-refractivity contribution in [2.75, 3.05) is 0 Å². The van der Waals surface area contributed by atoms with E-state index >= 15 is 0 Å². The van der Waals surface area contributed by atoms with E-state index in [2.05, 4.69) is 215 Å². The number of hydrogen-bond acceptors (Lipinski definition) is 0. The number of para-hydroxylation sites is 1. The minimum absolute atomic E-state index is 0.889. The first-order valence-electron chi connectivity index (χ1n) is 19.8. The van der Waals surface area contributed by atoms with Crippen LogP contribution in [0.15, 0.2) is 206 Å². The molecule has 57 heavy (non-hydrogen) atoms. The van der Waals surface area contributed by atoms with Gasteiger partial charge in [-0.25, -0.2) is 0 Å². The normalized spacial score (nSPS) is 12.1. The van der Waals surface area contributed by atoms with Gasteiger partial charge in [-0.05, 0) is 116 Å². The van der Waals surface area contributed by atoms with E-state index in [0.717, 1.165) is 6.42 Å². The molecule has 0 bridgehead atoms. The third kappa shape index (κ3) is 4.97. The van der Waals surface area contributed by atoms with Crippen LogP contribution in [0.2, 0.25) is 0 Å². The fourth-order valence-electron chi connectivity index (χ4n) is 9.49. The van der Waals surface area contributed by atoms with Crippen molar-refractivity contribution >= 4 is 43.6 Å². The molecule has 1 aliphatic carbocycles. The Hall–Kier alpha value is -7.42. The van der Waals surface area contributed by atoms with Gasteiger partial charge >= 0.3 is 0 Å². The second-order valence-electron chi connectivity index (χ2n) is 15.3. The highest BCUT2D eigenvalue weighted by molar-refractivity contribution is 6.12. The Morgan fingerprint density at radius 1 is 0.298 bits per heavy atom. The van der Waals surface area contributed by atoms with Gasteiger partial charge in [0.15, 0.2) is 0 Å². The highest BCUT2D eigenvalue weighted by atomic mass is 15.0. The van der Waals surface area contributed by atoms with E-state index in [0.29, 0.717) is 0 Å². The number of hydrogen-bond donors (Lipinski definition) is 0. The third-order valence-corrected chi connectivity index (χ3v) is 12.2. The number of fused-ring (bicyclic) bond motifs is 9. The lowest BCUT2D eigenvalue weighted by Crippen LogP contribution is -1.99. The highest BCUT2D eigenvalue weighted by Crippen LogP contribution is 2.45. The minimum atomic E-state index is 0.889. The lowest BCUT2D eigenvalue weighted by molar-refractivity contribution is 1.12. The highest BCUT2D eigenvalue weighted by Gasteiger charge is 2.25. The van der Waals surface area contributed by atoms with Crippen LogP contribution in [0.1, 0.15) is 11.1 Å². The zero-order valence-corrected chi connectivity index (χ0v) is 31.2. The van der Waals surface area contributed by atoms with E-state index in [1.807, 2.05) is 0 Å². The van der Waals surface area contributed by atoms with E-state index in [9.17, 15) is 0 Å². The van der Waals surface area contributed by atoms with Crippen molar-refractivity contribution in [1.82, 2.24) is 9.13 Å². The molecule has 0 atom stereocenters. The van der Waals surface area contributed by atoms with Gasteiger partial charge < -0.3 is 9.13 Å². The molecule has 0 amide bonds. The second kappa shape index (κ2) is 12.6. The van der Waals surface area contributed by atoms with Gasteiger partial charge in [0.1, 0.15) is 0 Å². The number of aromatic nitrogens is 2. The molecule has 12 rings (SSSR count). The molecule has 2 heteroatoms. The van der Waals surface area contributed by atoms with Crippen molar-refractivity contribution < 1.29 is 0 Å². The van der Waals surface area contributed by atoms with Crippen molar-refractivity contribution in [2.45, 2.75) is 6.42 Å². The molecule has 11 aromatic rings. The minimum Gasteiger partial charge on any atom is -0.309 e. The first-order chi connectivity index (χ1) is 28.3. The van der Waals surface area contributed by atoms with Crippen LogP contribution in [0, 0.1) is 0 Å². The molecule has 0 saturated heterocycles. The summed E-state index contributed by atoms with van der Waals surface area (Å²) >= 11 is 0. The molecule has 9 aromatic carbocycles. The number of nitrogens with zero attached hydrogens (tertiary/aromatic N) is 2. The van der Waals surface area contributed by atoms with Gasteiger partial charge in [0.25, 0.3) is 0 Å². The Morgan fingerprint density at radius 3 is 1.37 bits per heavy atom. The summed E-state index contributed by atoms with van der Waals surface area (Å²) in [5.74, 6) is 0. The second-order valence-corrected chi connectivity index (χ2v) is 15.3. The smallest absolute Gasteiger partial charge is 0.0541 e. The quantitative estimate of drug-likeness (QED) is 0.167. The number of benzene rings is 9. The van der Waals surface area contributed by atoms with Crippen LogP contribution in [0.25, 0.3) is 99.5 Å². The van der Waals surface area contributed by atoms with E-state index in [1.165, 1.54) is 111 Å². The Morgan fingerprint density at radius 2 is 0.789 bits per heavy atom. The van der Waals surface area contributed by atoms with Crippen molar-refractivity contribution in [2.24, 2.45) is 0 Å². The molecule has 2 nitrogen and oxygen atoms in total. The third-order valence-electron chi connectivity index (χ3n) is 12.2. The summed E-state index contributed by atoms with van der Waals surface area (Å²) in [6.45, 7) is 0. The average Bonchev–Trinajstić information content (AvgIpc) is 3.94. The average molecular weight is 725 g/mol. The van der Waals surface area contributed by atoms with Crippen molar-refractivity contribution in [3.05, 3.63) is 217 Å². The molecule has 2 aromatic heterocycles. The first kappa shape index (κ1) is 31.9. The fourth-order valence-corrected chi connectivity index (χ4v) is 9.49. The van der Waals surface area contributed by atoms with Gasteiger partial charge in [-0.1, -0.05) is 146 Å². The number of rotatable bonds is 5. The standard InChI is InChI=1S/C55H36N2/c1-4-13-36(14-5-1)39-24-28-53-48(31-39)45-19-10-11-21-51(45)56(53)43-27-23-42-34-47-44(46(42)35-43)20-12-22-52(47)57-54-29-25-40(37-15-6-2-7-16-37)32-49(54)50-33-41(26-30-55(50)57)38-17-8-3-9-18-38/h1-33,35H,34H2. The van der Waals surface area contributed by atoms with Gasteiger partial charge in [0.2, 0.25) is 0 Å². The molecular formula is C55H36N2. The summed E-state index contributed by atoms with van der Waals surface area (Å²) in [5, 5.41) is 5.07. The van der Waals surface area contributed by atoms with Gasteiger partial charge in [-0.3, -0.25) is 0 Å². The van der Waals surface area contributed by atoms with Crippen LogP contribution < -0.4 is 0 Å². The molecule has 0 aliphatic heterocycles. The van der Waals surface area contributed by atoms with Crippen LogP contribution in [-0.2, 0) is 6.42 Å². The Labute approximate surface area is 331 Å². The van der Waals surface area contributed by atoms with Crippen molar-refractivity contribution in [3.63, 3.8) is 0 Å². The van der Waals surface area contributed by atoms with E-state index in [1.54, 1.807) is 0 Å². The van der Waals surface area contributed by atoms with Gasteiger partial charge in [-0.2, -0.15) is 0 Å². The first-order valence-corrected chi connectivity index (χ1v) is 19.8.